The third-order valence-corrected chi connectivity index (χ3v) is 3.34. The molecule has 16 heavy (non-hydrogen) atoms. The third kappa shape index (κ3) is 2.47. The Morgan fingerprint density at radius 3 is 3.00 bits per heavy atom. The van der Waals surface area contributed by atoms with Crippen molar-refractivity contribution >= 4 is 17.3 Å². The van der Waals surface area contributed by atoms with Crippen LogP contribution >= 0.6 is 11.6 Å². The van der Waals surface area contributed by atoms with Crippen LogP contribution in [0.5, 0.6) is 0 Å². The predicted octanol–water partition coefficient (Wildman–Crippen LogP) is 2.69. The molecule has 1 aromatic carbocycles. The van der Waals surface area contributed by atoms with Crippen LogP contribution in [-0.2, 0) is 0 Å². The first-order valence-corrected chi connectivity index (χ1v) is 5.89. The van der Waals surface area contributed by atoms with Crippen LogP contribution in [0.1, 0.15) is 12.8 Å². The van der Waals surface area contributed by atoms with Crippen LogP contribution in [-0.4, -0.2) is 24.8 Å². The van der Waals surface area contributed by atoms with Crippen LogP contribution in [0, 0.1) is 11.7 Å². The molecule has 0 spiro atoms. The summed E-state index contributed by atoms with van der Waals surface area (Å²) in [5.74, 6) is -0.0706. The van der Waals surface area contributed by atoms with Crippen LogP contribution in [0.25, 0.3) is 0 Å². The Morgan fingerprint density at radius 2 is 2.31 bits per heavy atom. The zero-order valence-corrected chi connectivity index (χ0v) is 9.75. The van der Waals surface area contributed by atoms with Gasteiger partial charge < -0.3 is 10.0 Å². The van der Waals surface area contributed by atoms with Crippen LogP contribution in [0.4, 0.5) is 10.1 Å². The molecule has 1 saturated heterocycles. The van der Waals surface area contributed by atoms with E-state index in [1.807, 2.05) is 0 Å². The summed E-state index contributed by atoms with van der Waals surface area (Å²) in [6.07, 6.45) is 2.11. The Labute approximate surface area is 99.6 Å². The zero-order chi connectivity index (χ0) is 11.5. The maximum Gasteiger partial charge on any atom is 0.141 e. The number of aliphatic hydroxyl groups excluding tert-OH is 1. The number of piperidine rings is 1. The van der Waals surface area contributed by atoms with E-state index in [4.69, 9.17) is 16.7 Å². The standard InChI is InChI=1S/C12H15ClFNO/c13-11-6-10(3-4-12(11)14)15-5-1-2-9(7-15)8-16/h3-4,6,9,16H,1-2,5,7-8H2. The van der Waals surface area contributed by atoms with E-state index < -0.39 is 0 Å². The number of aliphatic hydroxyl groups is 1. The lowest BCUT2D eigenvalue weighted by Gasteiger charge is -2.33. The second-order valence-corrected chi connectivity index (χ2v) is 4.64. The maximum atomic E-state index is 13.0. The number of anilines is 1. The predicted molar refractivity (Wildman–Crippen MR) is 63.4 cm³/mol. The van der Waals surface area contributed by atoms with Gasteiger partial charge in [-0.2, -0.15) is 0 Å². The molecule has 4 heteroatoms. The molecule has 1 heterocycles. The highest BCUT2D eigenvalue weighted by molar-refractivity contribution is 6.31. The number of benzene rings is 1. The van der Waals surface area contributed by atoms with E-state index in [-0.39, 0.29) is 17.4 Å². The van der Waals surface area contributed by atoms with E-state index in [2.05, 4.69) is 4.90 Å². The monoisotopic (exact) mass is 243 g/mol. The maximum absolute atomic E-state index is 13.0. The minimum Gasteiger partial charge on any atom is -0.396 e. The van der Waals surface area contributed by atoms with Crippen LogP contribution in [0.2, 0.25) is 5.02 Å². The second kappa shape index (κ2) is 5.02. The lowest BCUT2D eigenvalue weighted by atomic mass is 9.98. The number of halogens is 2. The fraction of sp³-hybridized carbons (Fsp3) is 0.500. The molecule has 1 fully saturated rings. The van der Waals surface area contributed by atoms with Gasteiger partial charge in [0.2, 0.25) is 0 Å². The van der Waals surface area contributed by atoms with Crippen molar-refractivity contribution in [1.82, 2.24) is 0 Å². The minimum atomic E-state index is -0.388. The smallest absolute Gasteiger partial charge is 0.141 e. The van der Waals surface area contributed by atoms with E-state index in [1.54, 1.807) is 12.1 Å². The topological polar surface area (TPSA) is 23.5 Å². The highest BCUT2D eigenvalue weighted by Crippen LogP contribution is 2.26. The summed E-state index contributed by atoms with van der Waals surface area (Å²) in [6.45, 7) is 1.97. The summed E-state index contributed by atoms with van der Waals surface area (Å²) in [4.78, 5) is 2.15. The van der Waals surface area contributed by atoms with Crippen LogP contribution in [0.15, 0.2) is 18.2 Å². The Hall–Kier alpha value is -0.800. The van der Waals surface area contributed by atoms with Gasteiger partial charge in [-0.15, -0.1) is 0 Å². The highest BCUT2D eigenvalue weighted by Gasteiger charge is 2.19. The Balaban J connectivity index is 2.13. The lowest BCUT2D eigenvalue weighted by molar-refractivity contribution is 0.208. The van der Waals surface area contributed by atoms with Gasteiger partial charge in [0.25, 0.3) is 0 Å². The van der Waals surface area contributed by atoms with Crippen molar-refractivity contribution in [3.05, 3.63) is 29.0 Å². The van der Waals surface area contributed by atoms with Crippen molar-refractivity contribution < 1.29 is 9.50 Å². The molecule has 0 aromatic heterocycles. The van der Waals surface area contributed by atoms with Crippen LogP contribution in [0.3, 0.4) is 0 Å². The summed E-state index contributed by atoms with van der Waals surface area (Å²) >= 11 is 5.75. The number of hydrogen-bond acceptors (Lipinski definition) is 2. The molecular weight excluding hydrogens is 229 g/mol. The van der Waals surface area contributed by atoms with Gasteiger partial charge in [-0.05, 0) is 37.0 Å². The van der Waals surface area contributed by atoms with Gasteiger partial charge in [0.05, 0.1) is 5.02 Å². The average Bonchev–Trinajstić information content (AvgIpc) is 2.33. The molecule has 0 amide bonds. The molecule has 88 valence electrons. The first-order chi connectivity index (χ1) is 7.70. The molecule has 0 radical (unpaired) electrons. The van der Waals surface area contributed by atoms with E-state index in [0.29, 0.717) is 5.92 Å². The normalized spacial score (nSPS) is 21.2. The molecule has 0 bridgehead atoms. The summed E-state index contributed by atoms with van der Waals surface area (Å²) in [7, 11) is 0. The molecule has 1 unspecified atom stereocenters. The van der Waals surface area contributed by atoms with Gasteiger partial charge in [-0.1, -0.05) is 11.6 Å². The zero-order valence-electron chi connectivity index (χ0n) is 9.00. The third-order valence-electron chi connectivity index (χ3n) is 3.05. The first-order valence-electron chi connectivity index (χ1n) is 5.51. The van der Waals surface area contributed by atoms with Gasteiger partial charge >= 0.3 is 0 Å². The molecule has 2 nitrogen and oxygen atoms in total. The van der Waals surface area contributed by atoms with Gasteiger partial charge in [-0.25, -0.2) is 4.39 Å². The molecule has 1 aromatic rings. The van der Waals surface area contributed by atoms with Crippen molar-refractivity contribution in [2.45, 2.75) is 12.8 Å². The lowest BCUT2D eigenvalue weighted by Crippen LogP contribution is -2.36. The summed E-state index contributed by atoms with van der Waals surface area (Å²) in [5, 5.41) is 9.30. The summed E-state index contributed by atoms with van der Waals surface area (Å²) in [6, 6.07) is 4.78. The molecule has 1 aliphatic rings. The van der Waals surface area contributed by atoms with E-state index >= 15 is 0 Å². The fourth-order valence-electron chi connectivity index (χ4n) is 2.13. The molecular formula is C12H15ClFNO. The van der Waals surface area contributed by atoms with Gasteiger partial charge in [-0.3, -0.25) is 0 Å². The largest absolute Gasteiger partial charge is 0.396 e. The quantitative estimate of drug-likeness (QED) is 0.863. The van der Waals surface area contributed by atoms with Crippen molar-refractivity contribution in [3.63, 3.8) is 0 Å². The van der Waals surface area contributed by atoms with Crippen molar-refractivity contribution in [2.24, 2.45) is 5.92 Å². The Bertz CT molecular complexity index is 372. The average molecular weight is 244 g/mol. The van der Waals surface area contributed by atoms with E-state index in [1.165, 1.54) is 6.07 Å². The molecule has 1 N–H and O–H groups in total. The highest BCUT2D eigenvalue weighted by atomic mass is 35.5. The molecule has 1 atom stereocenters. The summed E-state index contributed by atoms with van der Waals surface area (Å²) in [5.41, 5.74) is 0.935. The van der Waals surface area contributed by atoms with E-state index in [9.17, 15) is 4.39 Å². The molecule has 0 saturated carbocycles. The second-order valence-electron chi connectivity index (χ2n) is 4.24. The Morgan fingerprint density at radius 1 is 1.50 bits per heavy atom. The molecule has 1 aliphatic heterocycles. The first kappa shape index (κ1) is 11.7. The van der Waals surface area contributed by atoms with Gasteiger partial charge in [0, 0.05) is 25.4 Å². The summed E-state index contributed by atoms with van der Waals surface area (Å²) < 4.78 is 13.0. The number of nitrogens with zero attached hydrogens (tertiary/aromatic N) is 1. The van der Waals surface area contributed by atoms with Crippen molar-refractivity contribution in [2.75, 3.05) is 24.6 Å². The van der Waals surface area contributed by atoms with Crippen molar-refractivity contribution in [1.29, 1.82) is 0 Å². The van der Waals surface area contributed by atoms with Crippen molar-refractivity contribution in [3.8, 4) is 0 Å². The van der Waals surface area contributed by atoms with Gasteiger partial charge in [0.1, 0.15) is 5.82 Å². The van der Waals surface area contributed by atoms with E-state index in [0.717, 1.165) is 31.6 Å². The SMILES string of the molecule is OCC1CCCN(c2ccc(F)c(Cl)c2)C1. The number of rotatable bonds is 2. The Kier molecular flexibility index (Phi) is 3.66. The minimum absolute atomic E-state index is 0.156. The van der Waals surface area contributed by atoms with Crippen LogP contribution < -0.4 is 4.90 Å². The molecule has 0 aliphatic carbocycles. The van der Waals surface area contributed by atoms with Gasteiger partial charge in [0.15, 0.2) is 0 Å². The number of hydrogen-bond donors (Lipinski definition) is 1. The molecule has 2 rings (SSSR count). The fourth-order valence-corrected chi connectivity index (χ4v) is 2.31.